The SMILES string of the molecule is CC(N)C[C@@H](CC(=O)c1ccc(OC(C)C)c(C#N)c1)Cc1ccc(-c2cn(C)c(C(C)(C)C)n2)cc1. The fourth-order valence-corrected chi connectivity index (χ4v) is 4.74. The largest absolute Gasteiger partial charge is 0.490 e. The van der Waals surface area contributed by atoms with Gasteiger partial charge in [0.25, 0.3) is 0 Å². The standard InChI is InChI=1S/C31H40N4O2/c1-20(2)37-29-13-12-25(17-26(29)18-32)28(36)16-23(14-21(3)33)15-22-8-10-24(11-9-22)27-19-35(7)30(34-27)31(4,5)6/h8-13,17,19-21,23H,14-16,33H2,1-7H3/t21?,23-/m1/s1. The third kappa shape index (κ3) is 7.53. The number of carbonyl (C=O) groups is 1. The van der Waals surface area contributed by atoms with Crippen LogP contribution in [0.3, 0.4) is 0 Å². The van der Waals surface area contributed by atoms with Crippen LogP contribution in [-0.2, 0) is 18.9 Å². The van der Waals surface area contributed by atoms with Gasteiger partial charge in [-0.25, -0.2) is 4.98 Å². The number of aromatic nitrogens is 2. The van der Waals surface area contributed by atoms with E-state index >= 15 is 0 Å². The van der Waals surface area contributed by atoms with Crippen molar-refractivity contribution in [3.63, 3.8) is 0 Å². The molecule has 3 aromatic rings. The summed E-state index contributed by atoms with van der Waals surface area (Å²) in [5.41, 5.74) is 10.2. The van der Waals surface area contributed by atoms with Gasteiger partial charge in [-0.1, -0.05) is 45.0 Å². The third-order valence-electron chi connectivity index (χ3n) is 6.29. The van der Waals surface area contributed by atoms with E-state index in [0.717, 1.165) is 35.5 Å². The highest BCUT2D eigenvalue weighted by molar-refractivity contribution is 5.96. The average Bonchev–Trinajstić information content (AvgIpc) is 3.21. The highest BCUT2D eigenvalue weighted by Gasteiger charge is 2.22. The second-order valence-corrected chi connectivity index (χ2v) is 11.4. The van der Waals surface area contributed by atoms with Gasteiger partial charge < -0.3 is 15.0 Å². The average molecular weight is 501 g/mol. The molecular formula is C31H40N4O2. The molecule has 2 N–H and O–H groups in total. The Labute approximate surface area is 221 Å². The molecule has 0 radical (unpaired) electrons. The predicted molar refractivity (Wildman–Crippen MR) is 149 cm³/mol. The number of hydrogen-bond donors (Lipinski definition) is 1. The molecule has 1 heterocycles. The second-order valence-electron chi connectivity index (χ2n) is 11.4. The van der Waals surface area contributed by atoms with Crippen molar-refractivity contribution in [3.05, 3.63) is 71.2 Å². The number of nitrogens with zero attached hydrogens (tertiary/aromatic N) is 3. The Morgan fingerprint density at radius 3 is 2.35 bits per heavy atom. The Morgan fingerprint density at radius 2 is 1.81 bits per heavy atom. The molecule has 37 heavy (non-hydrogen) atoms. The summed E-state index contributed by atoms with van der Waals surface area (Å²) in [5, 5.41) is 9.53. The molecule has 0 bridgehead atoms. The van der Waals surface area contributed by atoms with Crippen LogP contribution in [0.2, 0.25) is 0 Å². The lowest BCUT2D eigenvalue weighted by molar-refractivity contribution is 0.0957. The van der Waals surface area contributed by atoms with Gasteiger partial charge >= 0.3 is 0 Å². The molecule has 0 saturated heterocycles. The van der Waals surface area contributed by atoms with Gasteiger partial charge in [0, 0.05) is 42.2 Å². The van der Waals surface area contributed by atoms with E-state index in [9.17, 15) is 10.1 Å². The number of carbonyl (C=O) groups excluding carboxylic acids is 1. The lowest BCUT2D eigenvalue weighted by Crippen LogP contribution is -2.23. The number of benzene rings is 2. The molecule has 1 aromatic heterocycles. The zero-order valence-corrected chi connectivity index (χ0v) is 23.2. The summed E-state index contributed by atoms with van der Waals surface area (Å²) in [5.74, 6) is 1.66. The number of Topliss-reactive ketones (excluding diaryl/α,β-unsaturated/α-hetero) is 1. The first-order valence-corrected chi connectivity index (χ1v) is 13.0. The van der Waals surface area contributed by atoms with Crippen LogP contribution < -0.4 is 10.5 Å². The minimum atomic E-state index is -0.0475. The Hall–Kier alpha value is -3.43. The summed E-state index contributed by atoms with van der Waals surface area (Å²) >= 11 is 0. The number of ketones is 1. The quantitative estimate of drug-likeness (QED) is 0.334. The smallest absolute Gasteiger partial charge is 0.163 e. The summed E-state index contributed by atoms with van der Waals surface area (Å²) < 4.78 is 7.78. The minimum Gasteiger partial charge on any atom is -0.490 e. The fourth-order valence-electron chi connectivity index (χ4n) is 4.74. The van der Waals surface area contributed by atoms with Crippen molar-refractivity contribution in [2.75, 3.05) is 0 Å². The molecule has 6 nitrogen and oxygen atoms in total. The number of imidazole rings is 1. The number of nitriles is 1. The van der Waals surface area contributed by atoms with Gasteiger partial charge in [0.1, 0.15) is 17.6 Å². The molecule has 196 valence electrons. The van der Waals surface area contributed by atoms with Crippen LogP contribution in [0, 0.1) is 17.2 Å². The predicted octanol–water partition coefficient (Wildman–Crippen LogP) is 6.21. The van der Waals surface area contributed by atoms with Crippen LogP contribution >= 0.6 is 0 Å². The Balaban J connectivity index is 1.75. The lowest BCUT2D eigenvalue weighted by atomic mass is 9.87. The molecule has 2 aromatic carbocycles. The molecule has 0 aliphatic carbocycles. The van der Waals surface area contributed by atoms with E-state index < -0.39 is 0 Å². The van der Waals surface area contributed by atoms with Crippen molar-refractivity contribution in [1.82, 2.24) is 9.55 Å². The summed E-state index contributed by atoms with van der Waals surface area (Å²) in [6.45, 7) is 12.3. The molecule has 0 amide bonds. The number of nitrogens with two attached hydrogens (primary N) is 1. The van der Waals surface area contributed by atoms with Crippen molar-refractivity contribution >= 4 is 5.78 Å². The van der Waals surface area contributed by atoms with Gasteiger partial charge in [0.15, 0.2) is 5.78 Å². The molecule has 0 saturated carbocycles. The van der Waals surface area contributed by atoms with E-state index in [1.54, 1.807) is 18.2 Å². The summed E-state index contributed by atoms with van der Waals surface area (Å²) in [6, 6.07) is 15.7. The van der Waals surface area contributed by atoms with Gasteiger partial charge in [0.2, 0.25) is 0 Å². The van der Waals surface area contributed by atoms with Crippen molar-refractivity contribution in [1.29, 1.82) is 5.26 Å². The first kappa shape index (κ1) is 28.1. The molecule has 0 aliphatic heterocycles. The van der Waals surface area contributed by atoms with Crippen LogP contribution in [-0.4, -0.2) is 27.5 Å². The zero-order valence-electron chi connectivity index (χ0n) is 23.2. The summed E-state index contributed by atoms with van der Waals surface area (Å²) in [4.78, 5) is 18.0. The molecule has 0 spiro atoms. The zero-order chi connectivity index (χ0) is 27.3. The molecule has 2 atom stereocenters. The van der Waals surface area contributed by atoms with Crippen molar-refractivity contribution < 1.29 is 9.53 Å². The molecular weight excluding hydrogens is 460 g/mol. The number of rotatable bonds is 10. The van der Waals surface area contributed by atoms with Crippen molar-refractivity contribution in [2.45, 2.75) is 78.4 Å². The normalized spacial score (nSPS) is 13.3. The lowest BCUT2D eigenvalue weighted by Gasteiger charge is -2.19. The highest BCUT2D eigenvalue weighted by Crippen LogP contribution is 2.28. The van der Waals surface area contributed by atoms with E-state index in [1.165, 1.54) is 0 Å². The minimum absolute atomic E-state index is 0.0121. The van der Waals surface area contributed by atoms with E-state index in [4.69, 9.17) is 15.5 Å². The molecule has 1 unspecified atom stereocenters. The molecule has 3 rings (SSSR count). The number of aryl methyl sites for hydroxylation is 1. The third-order valence-corrected chi connectivity index (χ3v) is 6.29. The van der Waals surface area contributed by atoms with Gasteiger partial charge in [-0.05, 0) is 63.3 Å². The van der Waals surface area contributed by atoms with E-state index in [-0.39, 0.29) is 29.3 Å². The van der Waals surface area contributed by atoms with E-state index in [2.05, 4.69) is 61.9 Å². The van der Waals surface area contributed by atoms with Gasteiger partial charge in [-0.15, -0.1) is 0 Å². The van der Waals surface area contributed by atoms with E-state index in [0.29, 0.717) is 23.3 Å². The van der Waals surface area contributed by atoms with Crippen LogP contribution in [0.5, 0.6) is 5.75 Å². The van der Waals surface area contributed by atoms with Crippen LogP contribution in [0.1, 0.15) is 81.7 Å². The second kappa shape index (κ2) is 11.7. The topological polar surface area (TPSA) is 93.9 Å². The van der Waals surface area contributed by atoms with Gasteiger partial charge in [-0.3, -0.25) is 4.79 Å². The van der Waals surface area contributed by atoms with Gasteiger partial charge in [-0.2, -0.15) is 5.26 Å². The Bertz CT molecular complexity index is 1260. The molecule has 0 aliphatic rings. The monoisotopic (exact) mass is 500 g/mol. The number of ether oxygens (including phenoxy) is 1. The van der Waals surface area contributed by atoms with Crippen molar-refractivity contribution in [2.24, 2.45) is 18.7 Å². The first-order valence-electron chi connectivity index (χ1n) is 13.0. The van der Waals surface area contributed by atoms with Crippen LogP contribution in [0.25, 0.3) is 11.3 Å². The van der Waals surface area contributed by atoms with E-state index in [1.807, 2.05) is 27.8 Å². The maximum Gasteiger partial charge on any atom is 0.163 e. The molecule has 0 fully saturated rings. The van der Waals surface area contributed by atoms with Crippen molar-refractivity contribution in [3.8, 4) is 23.1 Å². The fraction of sp³-hybridized carbons (Fsp3) is 0.452. The van der Waals surface area contributed by atoms with Crippen LogP contribution in [0.15, 0.2) is 48.7 Å². The highest BCUT2D eigenvalue weighted by atomic mass is 16.5. The summed E-state index contributed by atoms with van der Waals surface area (Å²) in [6.07, 6.45) is 3.88. The van der Waals surface area contributed by atoms with Gasteiger partial charge in [0.05, 0.1) is 17.4 Å². The Morgan fingerprint density at radius 1 is 1.14 bits per heavy atom. The molecule has 6 heteroatoms. The first-order chi connectivity index (χ1) is 17.4. The maximum absolute atomic E-state index is 13.2. The Kier molecular flexibility index (Phi) is 8.94. The summed E-state index contributed by atoms with van der Waals surface area (Å²) in [7, 11) is 2.03. The maximum atomic E-state index is 13.2. The number of hydrogen-bond acceptors (Lipinski definition) is 5. The van der Waals surface area contributed by atoms with Crippen LogP contribution in [0.4, 0.5) is 0 Å².